The van der Waals surface area contributed by atoms with E-state index in [9.17, 15) is 10.1 Å². The predicted molar refractivity (Wildman–Crippen MR) is 72.7 cm³/mol. The maximum atomic E-state index is 10.6. The van der Waals surface area contributed by atoms with Crippen molar-refractivity contribution in [2.45, 2.75) is 20.8 Å². The summed E-state index contributed by atoms with van der Waals surface area (Å²) in [5.74, 6) is 0. The number of hydrogen-bond acceptors (Lipinski definition) is 2. The van der Waals surface area contributed by atoms with Crippen LogP contribution in [-0.2, 0) is 0 Å². The summed E-state index contributed by atoms with van der Waals surface area (Å²) >= 11 is 0. The largest absolute Gasteiger partial charge is 0.269 e. The van der Waals surface area contributed by atoms with E-state index in [1.54, 1.807) is 12.1 Å². The highest BCUT2D eigenvalue weighted by Crippen LogP contribution is 2.29. The molecule has 2 rings (SSSR count). The molecule has 0 atom stereocenters. The average Bonchev–Trinajstić information content (AvgIpc) is 2.28. The minimum Gasteiger partial charge on any atom is -0.258 e. The lowest BCUT2D eigenvalue weighted by Gasteiger charge is -2.11. The summed E-state index contributed by atoms with van der Waals surface area (Å²) in [6.07, 6.45) is 0. The smallest absolute Gasteiger partial charge is 0.258 e. The SMILES string of the molecule is Cc1cc(C)c(-c2ccc([N+](=O)[O-])cc2)c(C)c1. The van der Waals surface area contributed by atoms with Crippen molar-refractivity contribution in [2.24, 2.45) is 0 Å². The monoisotopic (exact) mass is 241 g/mol. The average molecular weight is 241 g/mol. The highest BCUT2D eigenvalue weighted by Gasteiger charge is 2.09. The van der Waals surface area contributed by atoms with Crippen molar-refractivity contribution in [2.75, 3.05) is 0 Å². The van der Waals surface area contributed by atoms with Crippen LogP contribution in [0.15, 0.2) is 36.4 Å². The van der Waals surface area contributed by atoms with E-state index < -0.39 is 0 Å². The maximum Gasteiger partial charge on any atom is 0.269 e. The number of aryl methyl sites for hydroxylation is 3. The Morgan fingerprint density at radius 1 is 0.944 bits per heavy atom. The van der Waals surface area contributed by atoms with Crippen LogP contribution in [-0.4, -0.2) is 4.92 Å². The summed E-state index contributed by atoms with van der Waals surface area (Å²) in [6.45, 7) is 6.20. The number of hydrogen-bond donors (Lipinski definition) is 0. The molecule has 2 aromatic carbocycles. The van der Waals surface area contributed by atoms with Gasteiger partial charge in [-0.05, 0) is 55.2 Å². The molecular weight excluding hydrogens is 226 g/mol. The van der Waals surface area contributed by atoms with E-state index in [0.29, 0.717) is 0 Å². The Morgan fingerprint density at radius 2 is 1.44 bits per heavy atom. The van der Waals surface area contributed by atoms with Crippen molar-refractivity contribution < 1.29 is 4.92 Å². The van der Waals surface area contributed by atoms with Gasteiger partial charge < -0.3 is 0 Å². The molecule has 0 aliphatic carbocycles. The van der Waals surface area contributed by atoms with Crippen molar-refractivity contribution in [1.82, 2.24) is 0 Å². The van der Waals surface area contributed by atoms with Crippen LogP contribution in [0.4, 0.5) is 5.69 Å². The van der Waals surface area contributed by atoms with Gasteiger partial charge in [0.05, 0.1) is 4.92 Å². The van der Waals surface area contributed by atoms with Gasteiger partial charge in [-0.3, -0.25) is 10.1 Å². The summed E-state index contributed by atoms with van der Waals surface area (Å²) in [5.41, 5.74) is 5.94. The van der Waals surface area contributed by atoms with Crippen molar-refractivity contribution in [3.63, 3.8) is 0 Å². The van der Waals surface area contributed by atoms with E-state index in [0.717, 1.165) is 11.1 Å². The van der Waals surface area contributed by atoms with Crippen LogP contribution in [0, 0.1) is 30.9 Å². The Balaban J connectivity index is 2.52. The molecule has 2 aromatic rings. The number of nitro benzene ring substituents is 1. The molecule has 0 saturated heterocycles. The van der Waals surface area contributed by atoms with E-state index in [1.165, 1.54) is 16.7 Å². The number of non-ortho nitro benzene ring substituents is 1. The Labute approximate surface area is 106 Å². The molecule has 0 radical (unpaired) electrons. The van der Waals surface area contributed by atoms with Gasteiger partial charge in [0.1, 0.15) is 0 Å². The molecule has 0 fully saturated rings. The molecule has 0 unspecified atom stereocenters. The highest BCUT2D eigenvalue weighted by molar-refractivity contribution is 5.72. The highest BCUT2D eigenvalue weighted by atomic mass is 16.6. The third-order valence-corrected chi connectivity index (χ3v) is 3.04. The van der Waals surface area contributed by atoms with E-state index in [4.69, 9.17) is 0 Å². The van der Waals surface area contributed by atoms with Crippen LogP contribution in [0.25, 0.3) is 11.1 Å². The van der Waals surface area contributed by atoms with Gasteiger partial charge in [0.25, 0.3) is 5.69 Å². The zero-order valence-corrected chi connectivity index (χ0v) is 10.7. The lowest BCUT2D eigenvalue weighted by molar-refractivity contribution is -0.384. The van der Waals surface area contributed by atoms with Crippen LogP contribution in [0.2, 0.25) is 0 Å². The van der Waals surface area contributed by atoms with Gasteiger partial charge >= 0.3 is 0 Å². The van der Waals surface area contributed by atoms with E-state index in [2.05, 4.69) is 32.9 Å². The normalized spacial score (nSPS) is 10.4. The Bertz CT molecular complexity index is 577. The van der Waals surface area contributed by atoms with Gasteiger partial charge in [-0.1, -0.05) is 17.7 Å². The molecule has 0 spiro atoms. The van der Waals surface area contributed by atoms with Gasteiger partial charge in [0, 0.05) is 12.1 Å². The summed E-state index contributed by atoms with van der Waals surface area (Å²) < 4.78 is 0. The summed E-state index contributed by atoms with van der Waals surface area (Å²) in [6, 6.07) is 11.0. The molecular formula is C15H15NO2. The van der Waals surface area contributed by atoms with Crippen LogP contribution in [0.3, 0.4) is 0 Å². The third-order valence-electron chi connectivity index (χ3n) is 3.04. The molecule has 0 heterocycles. The van der Waals surface area contributed by atoms with Crippen LogP contribution in [0.1, 0.15) is 16.7 Å². The third kappa shape index (κ3) is 2.25. The Morgan fingerprint density at radius 3 is 1.89 bits per heavy atom. The molecule has 92 valence electrons. The fourth-order valence-electron chi connectivity index (χ4n) is 2.39. The number of nitro groups is 1. The van der Waals surface area contributed by atoms with E-state index in [1.807, 2.05) is 12.1 Å². The van der Waals surface area contributed by atoms with Crippen molar-refractivity contribution in [3.8, 4) is 11.1 Å². The Kier molecular flexibility index (Phi) is 3.15. The summed E-state index contributed by atoms with van der Waals surface area (Å²) in [5, 5.41) is 10.6. The first kappa shape index (κ1) is 12.3. The van der Waals surface area contributed by atoms with Gasteiger partial charge in [-0.2, -0.15) is 0 Å². The second-order valence-corrected chi connectivity index (χ2v) is 4.58. The van der Waals surface area contributed by atoms with Crippen molar-refractivity contribution >= 4 is 5.69 Å². The van der Waals surface area contributed by atoms with Gasteiger partial charge in [-0.15, -0.1) is 0 Å². The van der Waals surface area contributed by atoms with Gasteiger partial charge in [0.15, 0.2) is 0 Å². The zero-order chi connectivity index (χ0) is 13.3. The van der Waals surface area contributed by atoms with Gasteiger partial charge in [0.2, 0.25) is 0 Å². The lowest BCUT2D eigenvalue weighted by Crippen LogP contribution is -1.91. The molecule has 0 N–H and O–H groups in total. The minimum atomic E-state index is -0.376. The fourth-order valence-corrected chi connectivity index (χ4v) is 2.39. The van der Waals surface area contributed by atoms with Crippen LogP contribution in [0.5, 0.6) is 0 Å². The number of benzene rings is 2. The molecule has 3 heteroatoms. The molecule has 0 aromatic heterocycles. The Hall–Kier alpha value is -2.16. The summed E-state index contributed by atoms with van der Waals surface area (Å²) in [7, 11) is 0. The number of rotatable bonds is 2. The molecule has 18 heavy (non-hydrogen) atoms. The van der Waals surface area contributed by atoms with Crippen molar-refractivity contribution in [3.05, 3.63) is 63.2 Å². The quantitative estimate of drug-likeness (QED) is 0.584. The van der Waals surface area contributed by atoms with E-state index in [-0.39, 0.29) is 10.6 Å². The van der Waals surface area contributed by atoms with Crippen molar-refractivity contribution in [1.29, 1.82) is 0 Å². The fraction of sp³-hybridized carbons (Fsp3) is 0.200. The second kappa shape index (κ2) is 4.61. The van der Waals surface area contributed by atoms with Crippen LogP contribution >= 0.6 is 0 Å². The van der Waals surface area contributed by atoms with Crippen LogP contribution < -0.4 is 0 Å². The second-order valence-electron chi connectivity index (χ2n) is 4.58. The summed E-state index contributed by atoms with van der Waals surface area (Å²) in [4.78, 5) is 10.3. The maximum absolute atomic E-state index is 10.6. The lowest BCUT2D eigenvalue weighted by atomic mass is 9.94. The minimum absolute atomic E-state index is 0.126. The van der Waals surface area contributed by atoms with E-state index >= 15 is 0 Å². The van der Waals surface area contributed by atoms with Gasteiger partial charge in [-0.25, -0.2) is 0 Å². The standard InChI is InChI=1S/C15H15NO2/c1-10-8-11(2)15(12(3)9-10)13-4-6-14(7-5-13)16(17)18/h4-9H,1-3H3. The predicted octanol–water partition coefficient (Wildman–Crippen LogP) is 4.19. The molecule has 0 amide bonds. The molecule has 0 bridgehead atoms. The first-order chi connectivity index (χ1) is 8.49. The zero-order valence-electron chi connectivity index (χ0n) is 10.7. The number of nitrogens with zero attached hydrogens (tertiary/aromatic N) is 1. The first-order valence-corrected chi connectivity index (χ1v) is 5.81. The molecule has 0 aliphatic heterocycles. The molecule has 3 nitrogen and oxygen atoms in total. The molecule has 0 aliphatic rings. The molecule has 0 saturated carbocycles. The first-order valence-electron chi connectivity index (χ1n) is 5.81. The topological polar surface area (TPSA) is 43.1 Å².